The number of H-pyrrole nitrogens is 1. The molecule has 9 heteroatoms. The molecule has 0 aliphatic heterocycles. The molecule has 3 aromatic heterocycles. The maximum Gasteiger partial charge on any atom is 0.333 e. The lowest BCUT2D eigenvalue weighted by Crippen LogP contribution is -2.39. The third kappa shape index (κ3) is 2.26. The third-order valence-corrected chi connectivity index (χ3v) is 3.63. The molecular formula is C15H17N7O2. The SMILES string of the molecule is C=CCn1c(=O)c2[nH]c(-c3cc(N)nn3C)nc2n(CC=C)c1=O. The number of anilines is 1. The normalized spacial score (nSPS) is 11.0. The van der Waals surface area contributed by atoms with E-state index in [1.165, 1.54) is 10.6 Å². The van der Waals surface area contributed by atoms with Crippen LogP contribution in [-0.4, -0.2) is 28.9 Å². The summed E-state index contributed by atoms with van der Waals surface area (Å²) in [5, 5.41) is 4.06. The van der Waals surface area contributed by atoms with Gasteiger partial charge in [-0.05, 0) is 0 Å². The summed E-state index contributed by atoms with van der Waals surface area (Å²) in [7, 11) is 1.71. The number of nitrogens with two attached hydrogens (primary N) is 1. The van der Waals surface area contributed by atoms with Crippen LogP contribution in [0.3, 0.4) is 0 Å². The average Bonchev–Trinajstić information content (AvgIpc) is 3.11. The molecule has 124 valence electrons. The number of aromatic nitrogens is 6. The monoisotopic (exact) mass is 327 g/mol. The first-order chi connectivity index (χ1) is 11.5. The van der Waals surface area contributed by atoms with Crippen LogP contribution in [0.4, 0.5) is 5.82 Å². The van der Waals surface area contributed by atoms with Crippen LogP contribution in [0.25, 0.3) is 22.7 Å². The number of nitrogen functional groups attached to an aromatic ring is 1. The summed E-state index contributed by atoms with van der Waals surface area (Å²) in [4.78, 5) is 32.5. The van der Waals surface area contributed by atoms with Crippen LogP contribution in [0.5, 0.6) is 0 Å². The molecule has 3 N–H and O–H groups in total. The number of rotatable bonds is 5. The van der Waals surface area contributed by atoms with E-state index in [9.17, 15) is 9.59 Å². The lowest BCUT2D eigenvalue weighted by molar-refractivity contribution is 0.646. The van der Waals surface area contributed by atoms with Crippen LogP contribution in [0.2, 0.25) is 0 Å². The van der Waals surface area contributed by atoms with Crippen molar-refractivity contribution in [2.75, 3.05) is 5.73 Å². The number of allylic oxidation sites excluding steroid dienone is 2. The molecule has 0 amide bonds. The van der Waals surface area contributed by atoms with E-state index in [0.29, 0.717) is 17.3 Å². The summed E-state index contributed by atoms with van der Waals surface area (Å²) in [5.74, 6) is 0.739. The molecule has 0 saturated carbocycles. The fourth-order valence-corrected chi connectivity index (χ4v) is 2.58. The molecule has 0 spiro atoms. The highest BCUT2D eigenvalue weighted by Crippen LogP contribution is 2.19. The van der Waals surface area contributed by atoms with Gasteiger partial charge in [-0.15, -0.1) is 13.2 Å². The molecule has 3 aromatic rings. The molecule has 0 aromatic carbocycles. The first-order valence-electron chi connectivity index (χ1n) is 7.23. The number of aryl methyl sites for hydroxylation is 1. The number of nitrogens with one attached hydrogen (secondary N) is 1. The van der Waals surface area contributed by atoms with Crippen LogP contribution in [0, 0.1) is 0 Å². The second-order valence-electron chi connectivity index (χ2n) is 5.25. The number of hydrogen-bond acceptors (Lipinski definition) is 5. The van der Waals surface area contributed by atoms with E-state index in [4.69, 9.17) is 5.73 Å². The zero-order valence-electron chi connectivity index (χ0n) is 13.2. The van der Waals surface area contributed by atoms with Crippen molar-refractivity contribution in [1.29, 1.82) is 0 Å². The fourth-order valence-electron chi connectivity index (χ4n) is 2.58. The predicted molar refractivity (Wildman–Crippen MR) is 91.6 cm³/mol. The van der Waals surface area contributed by atoms with E-state index in [0.717, 1.165) is 4.57 Å². The van der Waals surface area contributed by atoms with E-state index >= 15 is 0 Å². The molecule has 0 aliphatic rings. The summed E-state index contributed by atoms with van der Waals surface area (Å²) in [6, 6.07) is 1.63. The highest BCUT2D eigenvalue weighted by atomic mass is 16.2. The van der Waals surface area contributed by atoms with Gasteiger partial charge in [-0.1, -0.05) is 12.2 Å². The minimum atomic E-state index is -0.463. The van der Waals surface area contributed by atoms with E-state index in [1.54, 1.807) is 23.9 Å². The van der Waals surface area contributed by atoms with Crippen molar-refractivity contribution in [2.45, 2.75) is 13.1 Å². The van der Waals surface area contributed by atoms with Crippen LogP contribution >= 0.6 is 0 Å². The molecule has 3 heterocycles. The molecule has 0 atom stereocenters. The van der Waals surface area contributed by atoms with Gasteiger partial charge in [0, 0.05) is 26.2 Å². The molecule has 3 rings (SSSR count). The van der Waals surface area contributed by atoms with Crippen molar-refractivity contribution in [1.82, 2.24) is 28.9 Å². The van der Waals surface area contributed by atoms with Crippen molar-refractivity contribution >= 4 is 17.0 Å². The number of fused-ring (bicyclic) bond motifs is 1. The summed E-state index contributed by atoms with van der Waals surface area (Å²) < 4.78 is 4.02. The lowest BCUT2D eigenvalue weighted by atomic mass is 10.4. The van der Waals surface area contributed by atoms with Gasteiger partial charge in [-0.3, -0.25) is 18.6 Å². The lowest BCUT2D eigenvalue weighted by Gasteiger charge is -2.07. The molecule has 0 fully saturated rings. The first-order valence-corrected chi connectivity index (χ1v) is 7.23. The Morgan fingerprint density at radius 1 is 1.25 bits per heavy atom. The Labute approximate surface area is 136 Å². The highest BCUT2D eigenvalue weighted by Gasteiger charge is 2.18. The minimum Gasteiger partial charge on any atom is -0.382 e. The molecule has 0 unspecified atom stereocenters. The van der Waals surface area contributed by atoms with Crippen molar-refractivity contribution in [2.24, 2.45) is 7.05 Å². The average molecular weight is 327 g/mol. The summed E-state index contributed by atoms with van der Waals surface area (Å²) >= 11 is 0. The van der Waals surface area contributed by atoms with E-state index < -0.39 is 11.2 Å². The topological polar surface area (TPSA) is 117 Å². The van der Waals surface area contributed by atoms with Gasteiger partial charge in [-0.25, -0.2) is 9.78 Å². The van der Waals surface area contributed by atoms with Crippen LogP contribution < -0.4 is 17.0 Å². The van der Waals surface area contributed by atoms with E-state index in [2.05, 4.69) is 28.2 Å². The molecule has 24 heavy (non-hydrogen) atoms. The number of imidazole rings is 1. The Hall–Kier alpha value is -3.36. The number of aromatic amines is 1. The van der Waals surface area contributed by atoms with Crippen molar-refractivity contribution in [3.8, 4) is 11.5 Å². The molecule has 0 aliphatic carbocycles. The quantitative estimate of drug-likeness (QED) is 0.651. The predicted octanol–water partition coefficient (Wildman–Crippen LogP) is 0.241. The van der Waals surface area contributed by atoms with Crippen molar-refractivity contribution in [3.63, 3.8) is 0 Å². The van der Waals surface area contributed by atoms with Crippen molar-refractivity contribution < 1.29 is 0 Å². The Morgan fingerprint density at radius 2 is 1.92 bits per heavy atom. The summed E-state index contributed by atoms with van der Waals surface area (Å²) in [6.45, 7) is 7.57. The maximum atomic E-state index is 12.6. The van der Waals surface area contributed by atoms with Gasteiger partial charge in [0.2, 0.25) is 0 Å². The second kappa shape index (κ2) is 5.69. The van der Waals surface area contributed by atoms with Gasteiger partial charge in [0.05, 0.1) is 0 Å². The summed E-state index contributed by atoms with van der Waals surface area (Å²) in [5.41, 5.74) is 5.87. The largest absolute Gasteiger partial charge is 0.382 e. The Kier molecular flexibility index (Phi) is 3.68. The Balaban J connectivity index is 2.37. The molecular weight excluding hydrogens is 310 g/mol. The van der Waals surface area contributed by atoms with E-state index in [-0.39, 0.29) is 24.3 Å². The van der Waals surface area contributed by atoms with Gasteiger partial charge < -0.3 is 10.7 Å². The van der Waals surface area contributed by atoms with Crippen molar-refractivity contribution in [3.05, 3.63) is 52.2 Å². The van der Waals surface area contributed by atoms with Crippen LogP contribution in [0.15, 0.2) is 41.0 Å². The molecule has 0 radical (unpaired) electrons. The number of nitrogens with zero attached hydrogens (tertiary/aromatic N) is 5. The minimum absolute atomic E-state index is 0.109. The van der Waals surface area contributed by atoms with Crippen LogP contribution in [-0.2, 0) is 20.1 Å². The zero-order valence-corrected chi connectivity index (χ0v) is 13.2. The third-order valence-electron chi connectivity index (χ3n) is 3.63. The highest BCUT2D eigenvalue weighted by molar-refractivity contribution is 5.75. The number of hydrogen-bond donors (Lipinski definition) is 2. The maximum absolute atomic E-state index is 12.6. The van der Waals surface area contributed by atoms with Crippen LogP contribution in [0.1, 0.15) is 0 Å². The van der Waals surface area contributed by atoms with Gasteiger partial charge in [0.1, 0.15) is 17.0 Å². The smallest absolute Gasteiger partial charge is 0.333 e. The standard InChI is InChI=1S/C15H17N7O2/c1-4-6-21-13-11(14(23)22(7-5-2)15(21)24)17-12(18-13)9-8-10(16)19-20(9)3/h4-5,8H,1-2,6-7H2,3H3,(H2,16,19)(H,17,18). The first kappa shape index (κ1) is 15.5. The molecule has 9 nitrogen and oxygen atoms in total. The summed E-state index contributed by atoms with van der Waals surface area (Å²) in [6.07, 6.45) is 3.06. The van der Waals surface area contributed by atoms with Gasteiger partial charge in [0.25, 0.3) is 5.56 Å². The van der Waals surface area contributed by atoms with E-state index in [1.807, 2.05) is 0 Å². The van der Waals surface area contributed by atoms with Gasteiger partial charge in [0.15, 0.2) is 11.5 Å². The molecule has 0 bridgehead atoms. The second-order valence-corrected chi connectivity index (χ2v) is 5.25. The Morgan fingerprint density at radius 3 is 2.50 bits per heavy atom. The zero-order chi connectivity index (χ0) is 17.4. The van der Waals surface area contributed by atoms with Gasteiger partial charge >= 0.3 is 5.69 Å². The molecule has 0 saturated heterocycles. The fraction of sp³-hybridized carbons (Fsp3) is 0.200. The van der Waals surface area contributed by atoms with Gasteiger partial charge in [-0.2, -0.15) is 5.10 Å². The Bertz CT molecular complexity index is 1060.